The van der Waals surface area contributed by atoms with Gasteiger partial charge in [0, 0.05) is 61.9 Å². The summed E-state index contributed by atoms with van der Waals surface area (Å²) >= 11 is 0. The Morgan fingerprint density at radius 3 is 2.35 bits per heavy atom. The summed E-state index contributed by atoms with van der Waals surface area (Å²) in [6.45, 7) is 4.00. The molecule has 1 aliphatic carbocycles. The van der Waals surface area contributed by atoms with Gasteiger partial charge in [0.1, 0.15) is 11.9 Å². The second-order valence-electron chi connectivity index (χ2n) is 11.9. The maximum absolute atomic E-state index is 13.4. The van der Waals surface area contributed by atoms with Crippen LogP contribution in [0.15, 0.2) is 65.8 Å². The van der Waals surface area contributed by atoms with E-state index in [2.05, 4.69) is 10.3 Å². The Hall–Kier alpha value is -4.77. The summed E-state index contributed by atoms with van der Waals surface area (Å²) in [5.41, 5.74) is 4.41. The number of piperazine rings is 1. The highest BCUT2D eigenvalue weighted by Crippen LogP contribution is 2.45. The molecule has 1 saturated carbocycles. The van der Waals surface area contributed by atoms with Crippen LogP contribution in [0.25, 0.3) is 0 Å². The van der Waals surface area contributed by atoms with Crippen molar-refractivity contribution in [2.45, 2.75) is 44.2 Å². The van der Waals surface area contributed by atoms with Crippen molar-refractivity contribution >= 4 is 29.3 Å². The molecule has 1 N–H and O–H groups in total. The minimum atomic E-state index is -0.267. The van der Waals surface area contributed by atoms with Crippen LogP contribution >= 0.6 is 0 Å². The lowest BCUT2D eigenvalue weighted by Gasteiger charge is -2.38. The summed E-state index contributed by atoms with van der Waals surface area (Å²) < 4.78 is 16.9. The molecule has 1 aromatic heterocycles. The van der Waals surface area contributed by atoms with Crippen LogP contribution in [0.4, 0.5) is 5.82 Å². The number of nitrogens with zero attached hydrogens (tertiary/aromatic N) is 4. The molecule has 3 aromatic rings. The Labute approximate surface area is 268 Å². The number of nitrogens with one attached hydrogen (secondary N) is 1. The second kappa shape index (κ2) is 13.7. The van der Waals surface area contributed by atoms with Crippen molar-refractivity contribution in [1.82, 2.24) is 14.8 Å². The zero-order chi connectivity index (χ0) is 32.2. The van der Waals surface area contributed by atoms with Gasteiger partial charge in [-0.3, -0.25) is 24.3 Å². The molecular formula is C35H39N5O6. The molecular weight excluding hydrogens is 586 g/mol. The smallest absolute Gasteiger partial charge is 0.302 e. The summed E-state index contributed by atoms with van der Waals surface area (Å²) in [5.74, 6) is 1.43. The molecule has 1 saturated heterocycles. The maximum Gasteiger partial charge on any atom is 0.302 e. The van der Waals surface area contributed by atoms with E-state index in [-0.39, 0.29) is 42.4 Å². The third-order valence-corrected chi connectivity index (χ3v) is 8.97. The lowest BCUT2D eigenvalue weighted by Crippen LogP contribution is -2.50. The Kier molecular flexibility index (Phi) is 9.30. The highest BCUT2D eigenvalue weighted by atomic mass is 16.5. The molecule has 3 atom stereocenters. The number of fused-ring (bicyclic) bond motifs is 3. The monoisotopic (exact) mass is 625 g/mol. The fraction of sp³-hybridized carbons (Fsp3) is 0.400. The summed E-state index contributed by atoms with van der Waals surface area (Å²) in [6, 6.07) is 17.0. The number of hydrogen-bond donors (Lipinski definition) is 1. The Morgan fingerprint density at radius 2 is 1.67 bits per heavy atom. The van der Waals surface area contributed by atoms with Gasteiger partial charge in [0.05, 0.1) is 32.5 Å². The van der Waals surface area contributed by atoms with Gasteiger partial charge < -0.3 is 24.4 Å². The molecule has 3 heterocycles. The fourth-order valence-electron chi connectivity index (χ4n) is 6.70. The van der Waals surface area contributed by atoms with Crippen LogP contribution in [0.5, 0.6) is 11.5 Å². The molecule has 240 valence electrons. The lowest BCUT2D eigenvalue weighted by atomic mass is 9.74. The van der Waals surface area contributed by atoms with Gasteiger partial charge in [0.15, 0.2) is 11.5 Å². The highest BCUT2D eigenvalue weighted by molar-refractivity contribution is 6.15. The average Bonchev–Trinajstić information content (AvgIpc) is 3.07. The Morgan fingerprint density at radius 1 is 0.935 bits per heavy atom. The first kappa shape index (κ1) is 31.2. The number of hydrogen-bond acceptors (Lipinski definition) is 9. The van der Waals surface area contributed by atoms with Crippen LogP contribution in [-0.2, 0) is 14.3 Å². The van der Waals surface area contributed by atoms with Crippen molar-refractivity contribution in [3.63, 3.8) is 0 Å². The molecule has 0 radical (unpaired) electrons. The van der Waals surface area contributed by atoms with Crippen molar-refractivity contribution in [1.29, 1.82) is 0 Å². The van der Waals surface area contributed by atoms with Gasteiger partial charge in [-0.05, 0) is 61.2 Å². The molecule has 11 heteroatoms. The van der Waals surface area contributed by atoms with E-state index >= 15 is 0 Å². The number of carbonyl (C=O) groups is 3. The number of methoxy groups -OCH3 is 2. The summed E-state index contributed by atoms with van der Waals surface area (Å²) in [5, 5.41) is 2.81. The third-order valence-electron chi connectivity index (χ3n) is 8.97. The summed E-state index contributed by atoms with van der Waals surface area (Å²) in [7, 11) is 3.24. The molecule has 0 bridgehead atoms. The van der Waals surface area contributed by atoms with Crippen LogP contribution in [0.2, 0.25) is 0 Å². The van der Waals surface area contributed by atoms with Gasteiger partial charge in [0.2, 0.25) is 5.91 Å². The SMILES string of the molecule is COc1cc2c(cc1OC)C1CC(OC(C)=O)CCC1N=C2c1ccc(C(=O)N2CCN(CC(=O)Nc3ccccn3)CC2)cc1. The van der Waals surface area contributed by atoms with Gasteiger partial charge in [-0.25, -0.2) is 4.98 Å². The molecule has 2 aromatic carbocycles. The number of rotatable bonds is 8. The number of esters is 1. The van der Waals surface area contributed by atoms with Crippen LogP contribution in [-0.4, -0.2) is 97.4 Å². The number of carbonyl (C=O) groups excluding carboxylic acids is 3. The molecule has 0 spiro atoms. The van der Waals surface area contributed by atoms with Crippen molar-refractivity contribution in [3.05, 3.63) is 83.0 Å². The van der Waals surface area contributed by atoms with E-state index in [0.717, 1.165) is 35.2 Å². The Bertz CT molecular complexity index is 1620. The van der Waals surface area contributed by atoms with E-state index in [4.69, 9.17) is 19.2 Å². The van der Waals surface area contributed by atoms with E-state index in [1.54, 1.807) is 32.5 Å². The Balaban J connectivity index is 1.15. The average molecular weight is 626 g/mol. The fourth-order valence-corrected chi connectivity index (χ4v) is 6.70. The maximum atomic E-state index is 13.4. The molecule has 2 fully saturated rings. The lowest BCUT2D eigenvalue weighted by molar-refractivity contribution is -0.148. The standard InChI is InChI=1S/C35H39N5O6/c1-22(41)46-25-11-12-29-27(18-25)26-19-30(44-2)31(45-3)20-28(26)34(37-29)23-7-9-24(10-8-23)35(43)40-16-14-39(15-17-40)21-33(42)38-32-6-4-5-13-36-32/h4-10,13,19-20,25,27,29H,11-12,14-18,21H2,1-3H3,(H,36,38,42). The quantitative estimate of drug-likeness (QED) is 0.374. The number of aromatic nitrogens is 1. The predicted molar refractivity (Wildman–Crippen MR) is 173 cm³/mol. The molecule has 46 heavy (non-hydrogen) atoms. The van der Waals surface area contributed by atoms with Crippen molar-refractivity contribution in [3.8, 4) is 11.5 Å². The predicted octanol–water partition coefficient (Wildman–Crippen LogP) is 3.91. The van der Waals surface area contributed by atoms with Crippen molar-refractivity contribution in [2.75, 3.05) is 52.3 Å². The van der Waals surface area contributed by atoms with E-state index < -0.39 is 0 Å². The largest absolute Gasteiger partial charge is 0.493 e. The topological polar surface area (TPSA) is 123 Å². The molecule has 3 aliphatic rings. The van der Waals surface area contributed by atoms with Crippen LogP contribution in [0, 0.1) is 0 Å². The van der Waals surface area contributed by atoms with Gasteiger partial charge >= 0.3 is 5.97 Å². The number of ether oxygens (including phenoxy) is 3. The first-order valence-electron chi connectivity index (χ1n) is 15.7. The zero-order valence-electron chi connectivity index (χ0n) is 26.4. The first-order valence-corrected chi connectivity index (χ1v) is 15.7. The first-order chi connectivity index (χ1) is 22.3. The van der Waals surface area contributed by atoms with E-state index in [1.165, 1.54) is 6.92 Å². The van der Waals surface area contributed by atoms with Crippen LogP contribution in [0.1, 0.15) is 59.2 Å². The third kappa shape index (κ3) is 6.74. The highest BCUT2D eigenvalue weighted by Gasteiger charge is 2.39. The normalized spacial score (nSPS) is 20.9. The number of benzene rings is 2. The minimum absolute atomic E-state index is 0.0367. The second-order valence-corrected chi connectivity index (χ2v) is 11.9. The van der Waals surface area contributed by atoms with Crippen LogP contribution in [0.3, 0.4) is 0 Å². The van der Waals surface area contributed by atoms with E-state index in [9.17, 15) is 14.4 Å². The molecule has 11 nitrogen and oxygen atoms in total. The summed E-state index contributed by atoms with van der Waals surface area (Å²) in [4.78, 5) is 50.8. The van der Waals surface area contributed by atoms with Gasteiger partial charge in [-0.2, -0.15) is 0 Å². The van der Waals surface area contributed by atoms with E-state index in [1.807, 2.05) is 52.3 Å². The van der Waals surface area contributed by atoms with Gasteiger partial charge in [-0.15, -0.1) is 0 Å². The number of pyridine rings is 1. The number of aliphatic imine (C=N–C) groups is 1. The van der Waals surface area contributed by atoms with E-state index in [0.29, 0.717) is 55.5 Å². The van der Waals surface area contributed by atoms with Gasteiger partial charge in [-0.1, -0.05) is 18.2 Å². The van der Waals surface area contributed by atoms with Crippen molar-refractivity contribution < 1.29 is 28.6 Å². The number of amides is 2. The van der Waals surface area contributed by atoms with Crippen LogP contribution < -0.4 is 14.8 Å². The molecule has 3 unspecified atom stereocenters. The minimum Gasteiger partial charge on any atom is -0.493 e. The van der Waals surface area contributed by atoms with Crippen molar-refractivity contribution in [2.24, 2.45) is 4.99 Å². The van der Waals surface area contributed by atoms with Gasteiger partial charge in [0.25, 0.3) is 5.91 Å². The molecule has 6 rings (SSSR count). The molecule has 2 aliphatic heterocycles. The summed E-state index contributed by atoms with van der Waals surface area (Å²) in [6.07, 6.45) is 3.74. The molecule has 2 amide bonds. The zero-order valence-corrected chi connectivity index (χ0v) is 26.4. The number of anilines is 1.